The minimum Gasteiger partial charge on any atom is -0.388 e. The minimum atomic E-state index is -2.95. The molecule has 0 radical (unpaired) electrons. The van der Waals surface area contributed by atoms with Crippen molar-refractivity contribution in [2.45, 2.75) is 13.0 Å². The summed E-state index contributed by atoms with van der Waals surface area (Å²) in [4.78, 5) is 12.7. The summed E-state index contributed by atoms with van der Waals surface area (Å²) in [6.07, 6.45) is -2.95. The van der Waals surface area contributed by atoms with Crippen LogP contribution in [-0.2, 0) is 6.61 Å². The summed E-state index contributed by atoms with van der Waals surface area (Å²) in [5, 5.41) is 18.6. The Morgan fingerprint density at radius 2 is 2.27 bits per heavy atom. The van der Waals surface area contributed by atoms with Gasteiger partial charge in [0.2, 0.25) is 0 Å². The van der Waals surface area contributed by atoms with Crippen molar-refractivity contribution in [2.24, 2.45) is 0 Å². The van der Waals surface area contributed by atoms with Gasteiger partial charge in [0, 0.05) is 11.6 Å². The Balaban J connectivity index is 3.38. The first kappa shape index (κ1) is 11.7. The molecule has 0 aliphatic carbocycles. The number of hydrogen-bond donors (Lipinski definition) is 1. The van der Waals surface area contributed by atoms with Crippen molar-refractivity contribution in [3.05, 3.63) is 32.5 Å². The molecule has 1 aromatic heterocycles. The van der Waals surface area contributed by atoms with Crippen molar-refractivity contribution in [1.29, 1.82) is 0 Å². The third-order valence-corrected chi connectivity index (χ3v) is 2.05. The topological polar surface area (TPSA) is 76.3 Å². The van der Waals surface area contributed by atoms with Gasteiger partial charge in [-0.05, 0) is 9.91 Å². The zero-order valence-corrected chi connectivity index (χ0v) is 7.91. The van der Waals surface area contributed by atoms with Gasteiger partial charge < -0.3 is 15.2 Å². The van der Waals surface area contributed by atoms with Gasteiger partial charge >= 0.3 is 5.82 Å². The average molecular weight is 239 g/mol. The Hall–Kier alpha value is -1.34. The molecule has 82 valence electrons. The maximum Gasteiger partial charge on any atom is 0.364 e. The van der Waals surface area contributed by atoms with Crippen molar-refractivity contribution in [3.8, 4) is 0 Å². The molecule has 8 heteroatoms. The van der Waals surface area contributed by atoms with Gasteiger partial charge in [0.25, 0.3) is 6.43 Å². The molecule has 0 aromatic carbocycles. The number of aliphatic hydroxyl groups is 1. The van der Waals surface area contributed by atoms with Crippen LogP contribution >= 0.6 is 11.6 Å². The van der Waals surface area contributed by atoms with E-state index in [9.17, 15) is 18.9 Å². The third kappa shape index (κ3) is 2.37. The molecule has 1 heterocycles. The second-order valence-electron chi connectivity index (χ2n) is 2.55. The second kappa shape index (κ2) is 4.45. The molecule has 0 aliphatic heterocycles. The summed E-state index contributed by atoms with van der Waals surface area (Å²) >= 11 is 5.46. The Morgan fingerprint density at radius 3 is 2.67 bits per heavy atom. The number of pyridine rings is 1. The first-order chi connectivity index (χ1) is 6.97. The minimum absolute atomic E-state index is 0.332. The predicted molar refractivity (Wildman–Crippen MR) is 46.8 cm³/mol. The number of rotatable bonds is 3. The van der Waals surface area contributed by atoms with E-state index >= 15 is 0 Å². The predicted octanol–water partition coefficient (Wildman–Crippen LogP) is 2.07. The lowest BCUT2D eigenvalue weighted by Gasteiger charge is -2.03. The first-order valence-corrected chi connectivity index (χ1v) is 4.08. The quantitative estimate of drug-likeness (QED) is 0.646. The number of nitro groups is 1. The third-order valence-electron chi connectivity index (χ3n) is 1.61. The lowest BCUT2D eigenvalue weighted by Crippen LogP contribution is -2.01. The van der Waals surface area contributed by atoms with E-state index in [-0.39, 0.29) is 5.69 Å². The van der Waals surface area contributed by atoms with Crippen LogP contribution < -0.4 is 0 Å². The SMILES string of the molecule is O=[N+]([O-])c1cc(C(F)F)c(Cl)c(CO)n1. The van der Waals surface area contributed by atoms with Crippen LogP contribution in [0, 0.1) is 10.1 Å². The van der Waals surface area contributed by atoms with Gasteiger partial charge in [0.1, 0.15) is 6.61 Å². The fourth-order valence-corrected chi connectivity index (χ4v) is 1.18. The molecule has 1 N–H and O–H groups in total. The van der Waals surface area contributed by atoms with Crippen LogP contribution in [0.5, 0.6) is 0 Å². The van der Waals surface area contributed by atoms with E-state index in [1.165, 1.54) is 0 Å². The van der Waals surface area contributed by atoms with Crippen LogP contribution in [0.1, 0.15) is 17.7 Å². The monoisotopic (exact) mass is 238 g/mol. The molecule has 0 saturated heterocycles. The molecule has 1 rings (SSSR count). The largest absolute Gasteiger partial charge is 0.388 e. The van der Waals surface area contributed by atoms with Crippen LogP contribution in [-0.4, -0.2) is 15.0 Å². The van der Waals surface area contributed by atoms with Gasteiger partial charge in [0.05, 0.1) is 5.02 Å². The van der Waals surface area contributed by atoms with Crippen molar-refractivity contribution in [1.82, 2.24) is 4.98 Å². The second-order valence-corrected chi connectivity index (χ2v) is 2.92. The standard InChI is InChI=1S/C7H5ClF2N2O3/c8-6-3(7(9)10)1-5(12(14)15)11-4(6)2-13/h1,7,13H,2H2. The van der Waals surface area contributed by atoms with E-state index in [1.807, 2.05) is 0 Å². The summed E-state index contributed by atoms with van der Waals surface area (Å²) < 4.78 is 24.7. The highest BCUT2D eigenvalue weighted by Crippen LogP contribution is 2.31. The maximum atomic E-state index is 12.4. The van der Waals surface area contributed by atoms with Crippen LogP contribution in [0.2, 0.25) is 5.02 Å². The molecular weight excluding hydrogens is 234 g/mol. The summed E-state index contributed by atoms with van der Waals surface area (Å²) in [5.74, 6) is -0.765. The van der Waals surface area contributed by atoms with Crippen molar-refractivity contribution in [2.75, 3.05) is 0 Å². The fourth-order valence-electron chi connectivity index (χ4n) is 0.946. The van der Waals surface area contributed by atoms with E-state index in [1.54, 1.807) is 0 Å². The van der Waals surface area contributed by atoms with Crippen LogP contribution in [0.25, 0.3) is 0 Å². The van der Waals surface area contributed by atoms with Gasteiger partial charge in [0.15, 0.2) is 5.69 Å². The highest BCUT2D eigenvalue weighted by atomic mass is 35.5. The maximum absolute atomic E-state index is 12.4. The van der Waals surface area contributed by atoms with E-state index in [2.05, 4.69) is 4.98 Å². The number of aromatic nitrogens is 1. The molecular formula is C7H5ClF2N2O3. The number of nitrogens with zero attached hydrogens (tertiary/aromatic N) is 2. The van der Waals surface area contributed by atoms with Crippen LogP contribution in [0.4, 0.5) is 14.6 Å². The molecule has 1 aromatic rings. The van der Waals surface area contributed by atoms with E-state index < -0.39 is 34.4 Å². The highest BCUT2D eigenvalue weighted by molar-refractivity contribution is 6.32. The van der Waals surface area contributed by atoms with Gasteiger partial charge in [-0.2, -0.15) is 0 Å². The molecule has 0 fully saturated rings. The molecule has 15 heavy (non-hydrogen) atoms. The lowest BCUT2D eigenvalue weighted by atomic mass is 10.2. The molecule has 5 nitrogen and oxygen atoms in total. The molecule has 0 amide bonds. The molecule has 0 saturated carbocycles. The molecule has 0 aliphatic rings. The summed E-state index contributed by atoms with van der Waals surface area (Å²) in [6.45, 7) is -0.736. The highest BCUT2D eigenvalue weighted by Gasteiger charge is 2.23. The van der Waals surface area contributed by atoms with E-state index in [0.29, 0.717) is 6.07 Å². The smallest absolute Gasteiger partial charge is 0.364 e. The number of aliphatic hydroxyl groups excluding tert-OH is 1. The zero-order chi connectivity index (χ0) is 11.6. The van der Waals surface area contributed by atoms with Gasteiger partial charge in [-0.25, -0.2) is 8.78 Å². The van der Waals surface area contributed by atoms with Gasteiger partial charge in [-0.15, -0.1) is 0 Å². The van der Waals surface area contributed by atoms with E-state index in [4.69, 9.17) is 16.7 Å². The molecule has 0 unspecified atom stereocenters. The lowest BCUT2D eigenvalue weighted by molar-refractivity contribution is -0.389. The number of hydrogen-bond acceptors (Lipinski definition) is 4. The van der Waals surface area contributed by atoms with Crippen LogP contribution in [0.15, 0.2) is 6.07 Å². The van der Waals surface area contributed by atoms with Crippen molar-refractivity contribution < 1.29 is 18.8 Å². The van der Waals surface area contributed by atoms with Gasteiger partial charge in [-0.1, -0.05) is 11.6 Å². The summed E-state index contributed by atoms with van der Waals surface area (Å²) in [5.41, 5.74) is -1.04. The average Bonchev–Trinajstić information content (AvgIpc) is 2.17. The number of alkyl halides is 2. The Labute approximate surface area is 87.5 Å². The molecule has 0 atom stereocenters. The number of halogens is 3. The Morgan fingerprint density at radius 1 is 1.67 bits per heavy atom. The molecule has 0 bridgehead atoms. The van der Waals surface area contributed by atoms with Crippen LogP contribution in [0.3, 0.4) is 0 Å². The molecule has 0 spiro atoms. The van der Waals surface area contributed by atoms with Gasteiger partial charge in [-0.3, -0.25) is 0 Å². The summed E-state index contributed by atoms with van der Waals surface area (Å²) in [7, 11) is 0. The normalized spacial score (nSPS) is 10.7. The Kier molecular flexibility index (Phi) is 3.48. The zero-order valence-electron chi connectivity index (χ0n) is 7.15. The Bertz CT molecular complexity index is 400. The van der Waals surface area contributed by atoms with Crippen molar-refractivity contribution >= 4 is 17.4 Å². The summed E-state index contributed by atoms with van der Waals surface area (Å²) in [6, 6.07) is 0.589. The fraction of sp³-hybridized carbons (Fsp3) is 0.286. The van der Waals surface area contributed by atoms with Crippen molar-refractivity contribution in [3.63, 3.8) is 0 Å². The first-order valence-electron chi connectivity index (χ1n) is 3.70. The van der Waals surface area contributed by atoms with E-state index in [0.717, 1.165) is 0 Å².